The summed E-state index contributed by atoms with van der Waals surface area (Å²) in [5, 5.41) is 10.2. The van der Waals surface area contributed by atoms with Gasteiger partial charge in [-0.05, 0) is 30.7 Å². The van der Waals surface area contributed by atoms with Gasteiger partial charge in [0.25, 0.3) is 0 Å². The molecule has 0 radical (unpaired) electrons. The first kappa shape index (κ1) is 13.9. The number of halogens is 4. The molecule has 1 atom stereocenters. The van der Waals surface area contributed by atoms with Crippen LogP contribution in [0.15, 0.2) is 30.3 Å². The minimum absolute atomic E-state index is 0.116. The van der Waals surface area contributed by atoms with E-state index in [1.54, 1.807) is 0 Å². The monoisotopic (exact) mass is 286 g/mol. The molecule has 0 saturated carbocycles. The van der Waals surface area contributed by atoms with Crippen molar-refractivity contribution in [1.82, 2.24) is 0 Å². The number of hydrogen-bond donors (Lipinski definition) is 1. The van der Waals surface area contributed by atoms with Crippen molar-refractivity contribution in [1.29, 1.82) is 0 Å². The number of aliphatic hydroxyl groups is 1. The molecule has 0 fully saturated rings. The quantitative estimate of drug-likeness (QED) is 0.879. The van der Waals surface area contributed by atoms with E-state index in [0.29, 0.717) is 6.07 Å². The van der Waals surface area contributed by atoms with Crippen molar-refractivity contribution in [3.05, 3.63) is 69.5 Å². The lowest BCUT2D eigenvalue weighted by atomic mass is 9.99. The highest BCUT2D eigenvalue weighted by atomic mass is 35.5. The molecule has 2 rings (SSSR count). The minimum atomic E-state index is -1.52. The van der Waals surface area contributed by atoms with Crippen LogP contribution in [0, 0.1) is 24.4 Å². The molecule has 0 saturated heterocycles. The molecule has 2 aromatic rings. The summed E-state index contributed by atoms with van der Waals surface area (Å²) >= 11 is 5.60. The summed E-state index contributed by atoms with van der Waals surface area (Å²) in [7, 11) is 0. The molecule has 0 aliphatic heterocycles. The van der Waals surface area contributed by atoms with Crippen LogP contribution < -0.4 is 0 Å². The van der Waals surface area contributed by atoms with Gasteiger partial charge < -0.3 is 5.11 Å². The van der Waals surface area contributed by atoms with Gasteiger partial charge in [0.2, 0.25) is 0 Å². The summed E-state index contributed by atoms with van der Waals surface area (Å²) in [6.07, 6.45) is -1.52. The minimum Gasteiger partial charge on any atom is -0.383 e. The maximum atomic E-state index is 13.7. The van der Waals surface area contributed by atoms with Crippen LogP contribution in [0.4, 0.5) is 13.2 Å². The lowest BCUT2D eigenvalue weighted by Crippen LogP contribution is -2.06. The predicted molar refractivity (Wildman–Crippen MR) is 66.6 cm³/mol. The second kappa shape index (κ2) is 5.23. The standard InChI is InChI=1S/C14H10ClF3O/c1-7-4-10(13(18)6-11(7)16)14(19)9-3-2-8(15)5-12(9)17/h2-6,14,19H,1H3. The Kier molecular flexibility index (Phi) is 3.83. The van der Waals surface area contributed by atoms with Gasteiger partial charge in [-0.3, -0.25) is 0 Å². The van der Waals surface area contributed by atoms with E-state index in [-0.39, 0.29) is 21.7 Å². The maximum Gasteiger partial charge on any atom is 0.132 e. The van der Waals surface area contributed by atoms with Crippen LogP contribution in [0.25, 0.3) is 0 Å². The Hall–Kier alpha value is -1.52. The number of rotatable bonds is 2. The number of aliphatic hydroxyl groups excluding tert-OH is 1. The molecule has 0 heterocycles. The second-order valence-electron chi connectivity index (χ2n) is 4.19. The normalized spacial score (nSPS) is 12.5. The Bertz CT molecular complexity index is 628. The molecular formula is C14H10ClF3O. The van der Waals surface area contributed by atoms with Crippen molar-refractivity contribution in [2.45, 2.75) is 13.0 Å². The maximum absolute atomic E-state index is 13.7. The zero-order valence-corrected chi connectivity index (χ0v) is 10.7. The molecule has 0 bridgehead atoms. The van der Waals surface area contributed by atoms with E-state index in [9.17, 15) is 18.3 Å². The highest BCUT2D eigenvalue weighted by molar-refractivity contribution is 6.30. The highest BCUT2D eigenvalue weighted by Gasteiger charge is 2.20. The molecule has 1 nitrogen and oxygen atoms in total. The van der Waals surface area contributed by atoms with Crippen LogP contribution in [-0.4, -0.2) is 5.11 Å². The van der Waals surface area contributed by atoms with Crippen molar-refractivity contribution in [3.8, 4) is 0 Å². The molecule has 1 unspecified atom stereocenters. The van der Waals surface area contributed by atoms with E-state index >= 15 is 0 Å². The van der Waals surface area contributed by atoms with Crippen molar-refractivity contribution < 1.29 is 18.3 Å². The van der Waals surface area contributed by atoms with Gasteiger partial charge in [0, 0.05) is 22.2 Å². The second-order valence-corrected chi connectivity index (χ2v) is 4.63. The summed E-state index contributed by atoms with van der Waals surface area (Å²) in [5.41, 5.74) is -0.126. The van der Waals surface area contributed by atoms with Crippen LogP contribution in [-0.2, 0) is 0 Å². The number of benzene rings is 2. The molecule has 2 aromatic carbocycles. The molecule has 0 spiro atoms. The fourth-order valence-electron chi connectivity index (χ4n) is 1.78. The third-order valence-corrected chi connectivity index (χ3v) is 3.06. The molecule has 5 heteroatoms. The van der Waals surface area contributed by atoms with Crippen LogP contribution in [0.2, 0.25) is 5.02 Å². The average Bonchev–Trinajstić information content (AvgIpc) is 2.33. The smallest absolute Gasteiger partial charge is 0.132 e. The molecule has 0 aromatic heterocycles. The van der Waals surface area contributed by atoms with Crippen LogP contribution in [0.5, 0.6) is 0 Å². The third-order valence-electron chi connectivity index (χ3n) is 2.83. The van der Waals surface area contributed by atoms with E-state index in [4.69, 9.17) is 11.6 Å². The van der Waals surface area contributed by atoms with E-state index in [1.165, 1.54) is 19.1 Å². The van der Waals surface area contributed by atoms with Gasteiger partial charge in [-0.15, -0.1) is 0 Å². The summed E-state index contributed by atoms with van der Waals surface area (Å²) in [4.78, 5) is 0. The van der Waals surface area contributed by atoms with Crippen LogP contribution in [0.3, 0.4) is 0 Å². The zero-order valence-electron chi connectivity index (χ0n) is 9.92. The SMILES string of the molecule is Cc1cc(C(O)c2ccc(Cl)cc2F)c(F)cc1F. The van der Waals surface area contributed by atoms with Gasteiger partial charge in [-0.2, -0.15) is 0 Å². The summed E-state index contributed by atoms with van der Waals surface area (Å²) in [6.45, 7) is 1.43. The van der Waals surface area contributed by atoms with Crippen molar-refractivity contribution in [3.63, 3.8) is 0 Å². The molecule has 100 valence electrons. The topological polar surface area (TPSA) is 20.2 Å². The Morgan fingerprint density at radius 1 is 0.947 bits per heavy atom. The molecular weight excluding hydrogens is 277 g/mol. The molecule has 19 heavy (non-hydrogen) atoms. The third kappa shape index (κ3) is 2.74. The first-order valence-corrected chi connectivity index (χ1v) is 5.86. The average molecular weight is 287 g/mol. The van der Waals surface area contributed by atoms with Crippen LogP contribution in [0.1, 0.15) is 22.8 Å². The zero-order chi connectivity index (χ0) is 14.2. The van der Waals surface area contributed by atoms with Gasteiger partial charge in [0.1, 0.15) is 23.6 Å². The van der Waals surface area contributed by atoms with Crippen molar-refractivity contribution in [2.75, 3.05) is 0 Å². The largest absolute Gasteiger partial charge is 0.383 e. The van der Waals surface area contributed by atoms with Gasteiger partial charge in [0.05, 0.1) is 0 Å². The first-order valence-electron chi connectivity index (χ1n) is 5.48. The Morgan fingerprint density at radius 3 is 2.21 bits per heavy atom. The van der Waals surface area contributed by atoms with E-state index < -0.39 is 23.6 Å². The summed E-state index contributed by atoms with van der Waals surface area (Å²) in [5.74, 6) is -2.39. The van der Waals surface area contributed by atoms with Crippen LogP contribution >= 0.6 is 11.6 Å². The fourth-order valence-corrected chi connectivity index (χ4v) is 1.94. The van der Waals surface area contributed by atoms with Crippen molar-refractivity contribution in [2.24, 2.45) is 0 Å². The number of aryl methyl sites for hydroxylation is 1. The fraction of sp³-hybridized carbons (Fsp3) is 0.143. The summed E-state index contributed by atoms with van der Waals surface area (Å²) in [6, 6.07) is 5.50. The Balaban J connectivity index is 2.49. The molecule has 0 aliphatic carbocycles. The van der Waals surface area contributed by atoms with E-state index in [0.717, 1.165) is 12.1 Å². The van der Waals surface area contributed by atoms with Gasteiger partial charge >= 0.3 is 0 Å². The molecule has 0 aliphatic rings. The molecule has 1 N–H and O–H groups in total. The summed E-state index contributed by atoms with van der Waals surface area (Å²) < 4.78 is 40.4. The predicted octanol–water partition coefficient (Wildman–Crippen LogP) is 4.15. The van der Waals surface area contributed by atoms with Gasteiger partial charge in [-0.1, -0.05) is 17.7 Å². The Labute approximate surface area is 113 Å². The molecule has 0 amide bonds. The van der Waals surface area contributed by atoms with Crippen molar-refractivity contribution >= 4 is 11.6 Å². The number of hydrogen-bond acceptors (Lipinski definition) is 1. The van der Waals surface area contributed by atoms with Gasteiger partial charge in [-0.25, -0.2) is 13.2 Å². The first-order chi connectivity index (χ1) is 8.90. The lowest BCUT2D eigenvalue weighted by Gasteiger charge is -2.14. The van der Waals surface area contributed by atoms with E-state index in [2.05, 4.69) is 0 Å². The highest BCUT2D eigenvalue weighted by Crippen LogP contribution is 2.29. The lowest BCUT2D eigenvalue weighted by molar-refractivity contribution is 0.209. The van der Waals surface area contributed by atoms with Gasteiger partial charge in [0.15, 0.2) is 0 Å². The van der Waals surface area contributed by atoms with E-state index in [1.807, 2.05) is 0 Å². The Morgan fingerprint density at radius 2 is 1.58 bits per heavy atom.